The van der Waals surface area contributed by atoms with Gasteiger partial charge < -0.3 is 5.32 Å². The molecule has 0 saturated heterocycles. The SMILES string of the molecule is Cc1[nH]ncc1CNC(C)C1CC1. The number of aryl methyl sites for hydroxylation is 1. The molecule has 1 aromatic rings. The molecule has 0 aliphatic heterocycles. The van der Waals surface area contributed by atoms with Crippen LogP contribution in [-0.4, -0.2) is 16.2 Å². The first-order valence-corrected chi connectivity index (χ1v) is 4.99. The van der Waals surface area contributed by atoms with Crippen molar-refractivity contribution in [3.63, 3.8) is 0 Å². The van der Waals surface area contributed by atoms with E-state index in [1.54, 1.807) is 0 Å². The summed E-state index contributed by atoms with van der Waals surface area (Å²) >= 11 is 0. The molecule has 2 rings (SSSR count). The Morgan fingerprint density at radius 3 is 3.00 bits per heavy atom. The van der Waals surface area contributed by atoms with Gasteiger partial charge in [0.2, 0.25) is 0 Å². The van der Waals surface area contributed by atoms with Crippen LogP contribution in [0.3, 0.4) is 0 Å². The van der Waals surface area contributed by atoms with Crippen LogP contribution in [0.2, 0.25) is 0 Å². The Labute approximate surface area is 78.9 Å². The van der Waals surface area contributed by atoms with Crippen LogP contribution in [-0.2, 0) is 6.54 Å². The lowest BCUT2D eigenvalue weighted by Crippen LogP contribution is -2.27. The van der Waals surface area contributed by atoms with Gasteiger partial charge in [0, 0.05) is 23.8 Å². The fourth-order valence-corrected chi connectivity index (χ4v) is 1.59. The van der Waals surface area contributed by atoms with E-state index in [4.69, 9.17) is 0 Å². The molecule has 0 radical (unpaired) electrons. The predicted octanol–water partition coefficient (Wildman–Crippen LogP) is 1.61. The Balaban J connectivity index is 1.81. The molecule has 0 bridgehead atoms. The minimum absolute atomic E-state index is 0.661. The van der Waals surface area contributed by atoms with Crippen LogP contribution in [0.5, 0.6) is 0 Å². The van der Waals surface area contributed by atoms with Crippen LogP contribution in [0.1, 0.15) is 31.0 Å². The largest absolute Gasteiger partial charge is 0.310 e. The molecule has 1 aromatic heterocycles. The molecule has 0 aromatic carbocycles. The lowest BCUT2D eigenvalue weighted by atomic mass is 10.2. The molecule has 2 N–H and O–H groups in total. The fraction of sp³-hybridized carbons (Fsp3) is 0.700. The molecule has 1 aliphatic carbocycles. The number of hydrogen-bond donors (Lipinski definition) is 2. The van der Waals surface area contributed by atoms with Crippen molar-refractivity contribution in [1.29, 1.82) is 0 Å². The summed E-state index contributed by atoms with van der Waals surface area (Å²) in [7, 11) is 0. The zero-order valence-electron chi connectivity index (χ0n) is 8.30. The molecule has 13 heavy (non-hydrogen) atoms. The molecule has 1 aliphatic rings. The summed E-state index contributed by atoms with van der Waals surface area (Å²) in [6.07, 6.45) is 4.71. The van der Waals surface area contributed by atoms with Gasteiger partial charge in [-0.25, -0.2) is 0 Å². The van der Waals surface area contributed by atoms with Crippen molar-refractivity contribution >= 4 is 0 Å². The van der Waals surface area contributed by atoms with Crippen molar-refractivity contribution in [2.75, 3.05) is 0 Å². The van der Waals surface area contributed by atoms with Gasteiger partial charge in [0.05, 0.1) is 6.20 Å². The molecule has 3 nitrogen and oxygen atoms in total. The van der Waals surface area contributed by atoms with E-state index in [1.807, 2.05) is 6.20 Å². The Morgan fingerprint density at radius 2 is 2.46 bits per heavy atom. The average Bonchev–Trinajstić information content (AvgIpc) is 2.88. The quantitative estimate of drug-likeness (QED) is 0.737. The third kappa shape index (κ3) is 2.10. The number of aromatic amines is 1. The summed E-state index contributed by atoms with van der Waals surface area (Å²) in [5.41, 5.74) is 2.46. The second kappa shape index (κ2) is 3.50. The first kappa shape index (κ1) is 8.75. The van der Waals surface area contributed by atoms with Crippen LogP contribution < -0.4 is 5.32 Å². The Hall–Kier alpha value is -0.830. The number of rotatable bonds is 4. The Kier molecular flexibility index (Phi) is 2.36. The van der Waals surface area contributed by atoms with E-state index >= 15 is 0 Å². The summed E-state index contributed by atoms with van der Waals surface area (Å²) in [6, 6.07) is 0.661. The number of H-pyrrole nitrogens is 1. The standard InChI is InChI=1S/C10H17N3/c1-7(9-3-4-9)11-5-10-6-12-13-8(10)2/h6-7,9,11H,3-5H2,1-2H3,(H,12,13). The normalized spacial score (nSPS) is 18.9. The maximum absolute atomic E-state index is 4.00. The summed E-state index contributed by atoms with van der Waals surface area (Å²) in [5, 5.41) is 10.5. The highest BCUT2D eigenvalue weighted by Crippen LogP contribution is 2.32. The molecular weight excluding hydrogens is 162 g/mol. The zero-order valence-corrected chi connectivity index (χ0v) is 8.30. The smallest absolute Gasteiger partial charge is 0.0535 e. The second-order valence-electron chi connectivity index (χ2n) is 4.03. The average molecular weight is 179 g/mol. The highest BCUT2D eigenvalue weighted by Gasteiger charge is 2.27. The van der Waals surface area contributed by atoms with Crippen molar-refractivity contribution < 1.29 is 0 Å². The van der Waals surface area contributed by atoms with E-state index in [9.17, 15) is 0 Å². The summed E-state index contributed by atoms with van der Waals surface area (Å²) in [4.78, 5) is 0. The molecule has 1 unspecified atom stereocenters. The van der Waals surface area contributed by atoms with Crippen LogP contribution in [0.25, 0.3) is 0 Å². The Morgan fingerprint density at radius 1 is 1.69 bits per heavy atom. The van der Waals surface area contributed by atoms with Crippen molar-refractivity contribution in [3.05, 3.63) is 17.5 Å². The van der Waals surface area contributed by atoms with E-state index in [-0.39, 0.29) is 0 Å². The summed E-state index contributed by atoms with van der Waals surface area (Å²) < 4.78 is 0. The number of aromatic nitrogens is 2. The third-order valence-corrected chi connectivity index (χ3v) is 2.88. The van der Waals surface area contributed by atoms with Gasteiger partial charge in [-0.2, -0.15) is 5.10 Å². The molecule has 0 spiro atoms. The van der Waals surface area contributed by atoms with E-state index in [1.165, 1.54) is 24.1 Å². The van der Waals surface area contributed by atoms with E-state index in [2.05, 4.69) is 29.4 Å². The van der Waals surface area contributed by atoms with Gasteiger partial charge in [0.1, 0.15) is 0 Å². The van der Waals surface area contributed by atoms with Gasteiger partial charge in [-0.1, -0.05) is 0 Å². The molecule has 1 atom stereocenters. The molecule has 3 heteroatoms. The molecule has 0 amide bonds. The van der Waals surface area contributed by atoms with Crippen molar-refractivity contribution in [2.24, 2.45) is 5.92 Å². The van der Waals surface area contributed by atoms with Crippen LogP contribution >= 0.6 is 0 Å². The highest BCUT2D eigenvalue weighted by molar-refractivity contribution is 5.13. The third-order valence-electron chi connectivity index (χ3n) is 2.88. The van der Waals surface area contributed by atoms with E-state index in [0.717, 1.165) is 12.5 Å². The molecule has 1 heterocycles. The van der Waals surface area contributed by atoms with Crippen molar-refractivity contribution in [3.8, 4) is 0 Å². The summed E-state index contributed by atoms with van der Waals surface area (Å²) in [5.74, 6) is 0.923. The van der Waals surface area contributed by atoms with E-state index in [0.29, 0.717) is 6.04 Å². The predicted molar refractivity (Wildman–Crippen MR) is 52.4 cm³/mol. The number of hydrogen-bond acceptors (Lipinski definition) is 2. The lowest BCUT2D eigenvalue weighted by Gasteiger charge is -2.11. The maximum atomic E-state index is 4.00. The second-order valence-corrected chi connectivity index (χ2v) is 4.03. The number of nitrogens with one attached hydrogen (secondary N) is 2. The van der Waals surface area contributed by atoms with Gasteiger partial charge in [0.25, 0.3) is 0 Å². The van der Waals surface area contributed by atoms with Crippen LogP contribution in [0.15, 0.2) is 6.20 Å². The summed E-state index contributed by atoms with van der Waals surface area (Å²) in [6.45, 7) is 5.28. The van der Waals surface area contributed by atoms with Crippen LogP contribution in [0, 0.1) is 12.8 Å². The minimum Gasteiger partial charge on any atom is -0.310 e. The fourth-order valence-electron chi connectivity index (χ4n) is 1.59. The first-order chi connectivity index (χ1) is 6.27. The molecule has 1 fully saturated rings. The monoisotopic (exact) mass is 179 g/mol. The Bertz CT molecular complexity index is 275. The molecular formula is C10H17N3. The van der Waals surface area contributed by atoms with Gasteiger partial charge in [-0.15, -0.1) is 0 Å². The zero-order chi connectivity index (χ0) is 9.26. The number of nitrogens with zero attached hydrogens (tertiary/aromatic N) is 1. The molecule has 72 valence electrons. The van der Waals surface area contributed by atoms with Gasteiger partial charge in [-0.05, 0) is 32.6 Å². The first-order valence-electron chi connectivity index (χ1n) is 4.99. The molecule has 1 saturated carbocycles. The van der Waals surface area contributed by atoms with Crippen molar-refractivity contribution in [2.45, 2.75) is 39.3 Å². The van der Waals surface area contributed by atoms with Gasteiger partial charge in [0.15, 0.2) is 0 Å². The van der Waals surface area contributed by atoms with E-state index < -0.39 is 0 Å². The highest BCUT2D eigenvalue weighted by atomic mass is 15.1. The van der Waals surface area contributed by atoms with Gasteiger partial charge in [-0.3, -0.25) is 5.10 Å². The van der Waals surface area contributed by atoms with Crippen molar-refractivity contribution in [1.82, 2.24) is 15.5 Å². The van der Waals surface area contributed by atoms with Gasteiger partial charge >= 0.3 is 0 Å². The lowest BCUT2D eigenvalue weighted by molar-refractivity contribution is 0.495. The van der Waals surface area contributed by atoms with Crippen LogP contribution in [0.4, 0.5) is 0 Å². The topological polar surface area (TPSA) is 40.7 Å². The maximum Gasteiger partial charge on any atom is 0.0535 e. The minimum atomic E-state index is 0.661.